The van der Waals surface area contributed by atoms with Gasteiger partial charge in [-0.25, -0.2) is 13.6 Å². The minimum absolute atomic E-state index is 0.174. The molecule has 0 aliphatic heterocycles. The molecule has 3 rings (SSSR count). The molecule has 2 aromatic carbocycles. The highest BCUT2D eigenvalue weighted by Crippen LogP contribution is 2.26. The van der Waals surface area contributed by atoms with E-state index in [-0.39, 0.29) is 5.56 Å². The second kappa shape index (κ2) is 4.45. The average molecular weight is 273 g/mol. The Balaban J connectivity index is 2.12. The Kier molecular flexibility index (Phi) is 2.75. The van der Waals surface area contributed by atoms with E-state index in [9.17, 15) is 13.6 Å². The molecule has 0 bridgehead atoms. The van der Waals surface area contributed by atoms with Crippen molar-refractivity contribution in [3.05, 3.63) is 59.7 Å². The van der Waals surface area contributed by atoms with E-state index in [1.54, 1.807) is 12.1 Å². The molecule has 5 heteroatoms. The highest BCUT2D eigenvalue weighted by atomic mass is 19.2. The van der Waals surface area contributed by atoms with Crippen LogP contribution in [-0.2, 0) is 0 Å². The van der Waals surface area contributed by atoms with Gasteiger partial charge in [-0.05, 0) is 42.5 Å². The fraction of sp³-hybridized carbons (Fsp3) is 0. The second-order valence-electron chi connectivity index (χ2n) is 4.42. The van der Waals surface area contributed by atoms with Gasteiger partial charge in [0.25, 0.3) is 0 Å². The average Bonchev–Trinajstić information content (AvgIpc) is 2.84. The number of H-pyrrole nitrogens is 1. The molecule has 0 spiro atoms. The van der Waals surface area contributed by atoms with Crippen molar-refractivity contribution in [1.82, 2.24) is 4.98 Å². The van der Waals surface area contributed by atoms with Crippen LogP contribution in [0.3, 0.4) is 0 Å². The van der Waals surface area contributed by atoms with E-state index in [1.807, 2.05) is 0 Å². The molecule has 0 fully saturated rings. The quantitative estimate of drug-likeness (QED) is 0.746. The van der Waals surface area contributed by atoms with Crippen LogP contribution in [0.15, 0.2) is 42.5 Å². The highest BCUT2D eigenvalue weighted by molar-refractivity contribution is 5.95. The number of hydrogen-bond donors (Lipinski definition) is 2. The second-order valence-corrected chi connectivity index (χ2v) is 4.42. The molecule has 0 aliphatic rings. The lowest BCUT2D eigenvalue weighted by molar-refractivity contribution is 0.0697. The lowest BCUT2D eigenvalue weighted by Crippen LogP contribution is -1.94. The van der Waals surface area contributed by atoms with Crippen molar-refractivity contribution in [1.29, 1.82) is 0 Å². The van der Waals surface area contributed by atoms with Crippen molar-refractivity contribution >= 4 is 16.9 Å². The summed E-state index contributed by atoms with van der Waals surface area (Å²) >= 11 is 0. The molecule has 2 N–H and O–H groups in total. The molecule has 20 heavy (non-hydrogen) atoms. The zero-order chi connectivity index (χ0) is 14.3. The SMILES string of the molecule is O=C(O)c1ccc2[nH]c(-c3ccc(F)c(F)c3)cc2c1. The third kappa shape index (κ3) is 2.03. The van der Waals surface area contributed by atoms with Crippen LogP contribution in [0.2, 0.25) is 0 Å². The number of aromatic carboxylic acids is 1. The summed E-state index contributed by atoms with van der Waals surface area (Å²) in [6.07, 6.45) is 0. The Bertz CT molecular complexity index is 824. The number of aromatic nitrogens is 1. The number of fused-ring (bicyclic) bond motifs is 1. The van der Waals surface area contributed by atoms with Crippen LogP contribution in [0, 0.1) is 11.6 Å². The topological polar surface area (TPSA) is 53.1 Å². The van der Waals surface area contributed by atoms with E-state index in [1.165, 1.54) is 18.2 Å². The number of aromatic amines is 1. The van der Waals surface area contributed by atoms with Gasteiger partial charge in [-0.1, -0.05) is 0 Å². The van der Waals surface area contributed by atoms with Crippen molar-refractivity contribution in [3.63, 3.8) is 0 Å². The summed E-state index contributed by atoms with van der Waals surface area (Å²) in [5.74, 6) is -2.84. The molecule has 0 atom stereocenters. The lowest BCUT2D eigenvalue weighted by Gasteiger charge is -1.98. The van der Waals surface area contributed by atoms with Crippen molar-refractivity contribution in [2.45, 2.75) is 0 Å². The zero-order valence-corrected chi connectivity index (χ0v) is 10.2. The maximum absolute atomic E-state index is 13.2. The van der Waals surface area contributed by atoms with Gasteiger partial charge in [-0.3, -0.25) is 0 Å². The number of benzene rings is 2. The molecule has 1 aromatic heterocycles. The normalized spacial score (nSPS) is 10.9. The Morgan fingerprint density at radius 2 is 1.80 bits per heavy atom. The third-order valence-electron chi connectivity index (χ3n) is 3.10. The van der Waals surface area contributed by atoms with Gasteiger partial charge in [-0.15, -0.1) is 0 Å². The molecule has 0 aliphatic carbocycles. The van der Waals surface area contributed by atoms with Crippen LogP contribution in [0.1, 0.15) is 10.4 Å². The number of hydrogen-bond acceptors (Lipinski definition) is 1. The Morgan fingerprint density at radius 3 is 2.50 bits per heavy atom. The van der Waals surface area contributed by atoms with Crippen molar-refractivity contribution in [2.24, 2.45) is 0 Å². The monoisotopic (exact) mass is 273 g/mol. The molecule has 0 radical (unpaired) electrons. The summed E-state index contributed by atoms with van der Waals surface area (Å²) in [4.78, 5) is 13.9. The first-order chi connectivity index (χ1) is 9.54. The molecule has 0 amide bonds. The van der Waals surface area contributed by atoms with Crippen LogP contribution in [0.25, 0.3) is 22.2 Å². The van der Waals surface area contributed by atoms with Crippen LogP contribution in [-0.4, -0.2) is 16.1 Å². The maximum Gasteiger partial charge on any atom is 0.335 e. The number of halogens is 2. The van der Waals surface area contributed by atoms with Crippen molar-refractivity contribution in [3.8, 4) is 11.3 Å². The van der Waals surface area contributed by atoms with Crippen molar-refractivity contribution < 1.29 is 18.7 Å². The molecule has 1 heterocycles. The predicted molar refractivity (Wildman–Crippen MR) is 70.6 cm³/mol. The highest BCUT2D eigenvalue weighted by Gasteiger charge is 2.09. The first-order valence-corrected chi connectivity index (χ1v) is 5.86. The predicted octanol–water partition coefficient (Wildman–Crippen LogP) is 3.81. The Labute approximate surface area is 112 Å². The van der Waals surface area contributed by atoms with Crippen LogP contribution in [0.5, 0.6) is 0 Å². The molecule has 0 saturated carbocycles. The summed E-state index contributed by atoms with van der Waals surface area (Å²) < 4.78 is 26.1. The minimum atomic E-state index is -1.01. The van der Waals surface area contributed by atoms with E-state index in [0.29, 0.717) is 16.6 Å². The summed E-state index contributed by atoms with van der Waals surface area (Å²) in [7, 11) is 0. The summed E-state index contributed by atoms with van der Waals surface area (Å²) in [5.41, 5.74) is 2.00. The summed E-state index contributed by atoms with van der Waals surface area (Å²) in [6.45, 7) is 0. The number of carbonyl (C=O) groups is 1. The van der Waals surface area contributed by atoms with Gasteiger partial charge < -0.3 is 10.1 Å². The minimum Gasteiger partial charge on any atom is -0.478 e. The van der Waals surface area contributed by atoms with E-state index in [0.717, 1.165) is 17.6 Å². The van der Waals surface area contributed by atoms with Gasteiger partial charge >= 0.3 is 5.97 Å². The largest absolute Gasteiger partial charge is 0.478 e. The smallest absolute Gasteiger partial charge is 0.335 e. The zero-order valence-electron chi connectivity index (χ0n) is 10.2. The molecular formula is C15H9F2NO2. The van der Waals surface area contributed by atoms with Gasteiger partial charge in [0.1, 0.15) is 0 Å². The van der Waals surface area contributed by atoms with E-state index in [2.05, 4.69) is 4.98 Å². The van der Waals surface area contributed by atoms with E-state index >= 15 is 0 Å². The van der Waals surface area contributed by atoms with Crippen LogP contribution in [0.4, 0.5) is 8.78 Å². The van der Waals surface area contributed by atoms with Crippen molar-refractivity contribution in [2.75, 3.05) is 0 Å². The van der Waals surface area contributed by atoms with Crippen LogP contribution >= 0.6 is 0 Å². The fourth-order valence-corrected chi connectivity index (χ4v) is 2.08. The summed E-state index contributed by atoms with van der Waals surface area (Å²) in [6, 6.07) is 9.96. The van der Waals surface area contributed by atoms with Gasteiger partial charge in [0.05, 0.1) is 5.56 Å². The third-order valence-corrected chi connectivity index (χ3v) is 3.10. The Morgan fingerprint density at radius 1 is 1.00 bits per heavy atom. The number of nitrogens with one attached hydrogen (secondary N) is 1. The molecule has 0 saturated heterocycles. The molecule has 3 nitrogen and oxygen atoms in total. The number of carboxylic acid groups (broad SMARTS) is 1. The van der Waals surface area contributed by atoms with Gasteiger partial charge in [0.15, 0.2) is 11.6 Å². The standard InChI is InChI=1S/C15H9F2NO2/c16-11-3-1-8(6-12(11)17)14-7-10-5-9(15(19)20)2-4-13(10)18-14/h1-7,18H,(H,19,20). The molecular weight excluding hydrogens is 264 g/mol. The Hall–Kier alpha value is -2.69. The maximum atomic E-state index is 13.2. The van der Waals surface area contributed by atoms with Gasteiger partial charge in [0, 0.05) is 22.2 Å². The first kappa shape index (κ1) is 12.3. The summed E-state index contributed by atoms with van der Waals surface area (Å²) in [5, 5.41) is 9.63. The van der Waals surface area contributed by atoms with E-state index < -0.39 is 17.6 Å². The fourth-order valence-electron chi connectivity index (χ4n) is 2.08. The number of rotatable bonds is 2. The molecule has 100 valence electrons. The molecule has 3 aromatic rings. The lowest BCUT2D eigenvalue weighted by atomic mass is 10.1. The van der Waals surface area contributed by atoms with Gasteiger partial charge in [-0.2, -0.15) is 0 Å². The van der Waals surface area contributed by atoms with Crippen LogP contribution < -0.4 is 0 Å². The molecule has 0 unspecified atom stereocenters. The first-order valence-electron chi connectivity index (χ1n) is 5.86. The van der Waals surface area contributed by atoms with Gasteiger partial charge in [0.2, 0.25) is 0 Å². The number of carboxylic acids is 1. The van der Waals surface area contributed by atoms with E-state index in [4.69, 9.17) is 5.11 Å².